The maximum atomic E-state index is 11.0. The van der Waals surface area contributed by atoms with Gasteiger partial charge in [-0.15, -0.1) is 0 Å². The molecule has 2 atom stereocenters. The topological polar surface area (TPSA) is 81.0 Å². The van der Waals surface area contributed by atoms with Gasteiger partial charge in [0.2, 0.25) is 11.1 Å². The fourth-order valence-electron chi connectivity index (χ4n) is 2.38. The Morgan fingerprint density at radius 1 is 1.44 bits per heavy atom. The Morgan fingerprint density at radius 3 is 2.72 bits per heavy atom. The van der Waals surface area contributed by atoms with Crippen LogP contribution in [-0.4, -0.2) is 20.9 Å². The van der Waals surface area contributed by atoms with Gasteiger partial charge in [-0.2, -0.15) is 4.98 Å². The van der Waals surface area contributed by atoms with E-state index in [0.29, 0.717) is 5.92 Å². The first-order chi connectivity index (χ1) is 8.47. The van der Waals surface area contributed by atoms with Crippen LogP contribution in [0.25, 0.3) is 0 Å². The maximum Gasteiger partial charge on any atom is 0.332 e. The highest BCUT2D eigenvalue weighted by Crippen LogP contribution is 2.31. The number of hydrogen-bond donors (Lipinski definition) is 1. The molecule has 0 radical (unpaired) electrons. The highest BCUT2D eigenvalue weighted by Gasteiger charge is 2.27. The van der Waals surface area contributed by atoms with Crippen molar-refractivity contribution < 1.29 is 4.92 Å². The van der Waals surface area contributed by atoms with E-state index >= 15 is 0 Å². The number of halogens is 1. The molecule has 1 aliphatic carbocycles. The number of nitro groups is 1. The fourth-order valence-corrected chi connectivity index (χ4v) is 2.59. The van der Waals surface area contributed by atoms with Gasteiger partial charge in [0.1, 0.15) is 5.69 Å². The zero-order chi connectivity index (χ0) is 13.3. The van der Waals surface area contributed by atoms with Crippen molar-refractivity contribution in [2.24, 2.45) is 5.92 Å². The number of nitrogens with zero attached hydrogens (tertiary/aromatic N) is 3. The summed E-state index contributed by atoms with van der Waals surface area (Å²) in [4.78, 5) is 18.3. The summed E-state index contributed by atoms with van der Waals surface area (Å²) in [5, 5.41) is 14.2. The summed E-state index contributed by atoms with van der Waals surface area (Å²) in [6, 6.07) is 0.226. The van der Waals surface area contributed by atoms with Crippen LogP contribution < -0.4 is 5.32 Å². The molecule has 98 valence electrons. The number of nitrogens with one attached hydrogen (secondary N) is 1. The molecule has 2 rings (SSSR count). The zero-order valence-corrected chi connectivity index (χ0v) is 11.1. The van der Waals surface area contributed by atoms with Gasteiger partial charge in [0.25, 0.3) is 0 Å². The minimum Gasteiger partial charge on any atom is -0.361 e. The molecule has 1 heterocycles. The Hall–Kier alpha value is -1.43. The molecule has 1 aliphatic rings. The standard InChI is InChI=1S/C11H15ClN4O2/c1-6-3-4-8(5-6)14-10-9(16(17)18)7(2)13-11(12)15-10/h6,8H,3-5H2,1-2H3,(H,13,14,15). The SMILES string of the molecule is Cc1nc(Cl)nc(NC2CCC(C)C2)c1[N+](=O)[O-]. The molecule has 0 bridgehead atoms. The summed E-state index contributed by atoms with van der Waals surface area (Å²) in [7, 11) is 0. The van der Waals surface area contributed by atoms with Gasteiger partial charge in [0, 0.05) is 6.04 Å². The predicted octanol–water partition coefficient (Wildman–Crippen LogP) is 2.95. The third-order valence-electron chi connectivity index (χ3n) is 3.25. The van der Waals surface area contributed by atoms with E-state index in [-0.39, 0.29) is 28.5 Å². The second-order valence-electron chi connectivity index (χ2n) is 4.79. The van der Waals surface area contributed by atoms with Crippen LogP contribution in [0.4, 0.5) is 11.5 Å². The van der Waals surface area contributed by atoms with Crippen LogP contribution >= 0.6 is 11.6 Å². The van der Waals surface area contributed by atoms with Crippen LogP contribution in [0.1, 0.15) is 31.9 Å². The molecule has 1 aromatic heterocycles. The summed E-state index contributed by atoms with van der Waals surface area (Å²) in [5.41, 5.74) is 0.201. The molecule has 6 nitrogen and oxygen atoms in total. The summed E-state index contributed by atoms with van der Waals surface area (Å²) >= 11 is 5.76. The minimum atomic E-state index is -0.466. The molecule has 0 aromatic carbocycles. The van der Waals surface area contributed by atoms with Crippen LogP contribution in [0.3, 0.4) is 0 Å². The van der Waals surface area contributed by atoms with Crippen LogP contribution in [-0.2, 0) is 0 Å². The van der Waals surface area contributed by atoms with Gasteiger partial charge in [-0.05, 0) is 43.7 Å². The Bertz CT molecular complexity index is 480. The lowest BCUT2D eigenvalue weighted by Gasteiger charge is -2.13. The molecule has 1 N–H and O–H groups in total. The van der Waals surface area contributed by atoms with Crippen molar-refractivity contribution in [2.75, 3.05) is 5.32 Å². The molecule has 0 amide bonds. The van der Waals surface area contributed by atoms with E-state index in [4.69, 9.17) is 11.6 Å². The fraction of sp³-hybridized carbons (Fsp3) is 0.636. The third-order valence-corrected chi connectivity index (χ3v) is 3.42. The normalized spacial score (nSPS) is 23.1. The van der Waals surface area contributed by atoms with Crippen molar-refractivity contribution in [3.8, 4) is 0 Å². The largest absolute Gasteiger partial charge is 0.361 e. The van der Waals surface area contributed by atoms with E-state index in [1.807, 2.05) is 0 Å². The summed E-state index contributed by atoms with van der Waals surface area (Å²) < 4.78 is 0. The Labute approximate surface area is 110 Å². The Kier molecular flexibility index (Phi) is 3.65. The molecule has 1 aromatic rings. The predicted molar refractivity (Wildman–Crippen MR) is 68.9 cm³/mol. The first-order valence-corrected chi connectivity index (χ1v) is 6.30. The second kappa shape index (κ2) is 5.06. The maximum absolute atomic E-state index is 11.0. The van der Waals surface area contributed by atoms with Crippen LogP contribution in [0.5, 0.6) is 0 Å². The number of hydrogen-bond acceptors (Lipinski definition) is 5. The molecule has 2 unspecified atom stereocenters. The quantitative estimate of drug-likeness (QED) is 0.519. The second-order valence-corrected chi connectivity index (χ2v) is 5.13. The van der Waals surface area contributed by atoms with Crippen molar-refractivity contribution in [3.63, 3.8) is 0 Å². The van der Waals surface area contributed by atoms with Crippen molar-refractivity contribution in [1.82, 2.24) is 9.97 Å². The average Bonchev–Trinajstić information content (AvgIpc) is 2.62. The van der Waals surface area contributed by atoms with Crippen LogP contribution in [0.15, 0.2) is 0 Å². The molecule has 0 aliphatic heterocycles. The molecule has 0 spiro atoms. The summed E-state index contributed by atoms with van der Waals surface area (Å²) in [6.45, 7) is 3.74. The van der Waals surface area contributed by atoms with Gasteiger partial charge in [0.15, 0.2) is 0 Å². The van der Waals surface area contributed by atoms with Crippen LogP contribution in [0, 0.1) is 23.0 Å². The Balaban J connectivity index is 2.28. The van der Waals surface area contributed by atoms with E-state index in [0.717, 1.165) is 19.3 Å². The molecular formula is C11H15ClN4O2. The highest BCUT2D eigenvalue weighted by atomic mass is 35.5. The van der Waals surface area contributed by atoms with Crippen molar-refractivity contribution in [2.45, 2.75) is 39.2 Å². The van der Waals surface area contributed by atoms with Gasteiger partial charge in [-0.25, -0.2) is 4.98 Å². The first-order valence-electron chi connectivity index (χ1n) is 5.92. The van der Waals surface area contributed by atoms with Gasteiger partial charge in [0.05, 0.1) is 4.92 Å². The van der Waals surface area contributed by atoms with E-state index in [2.05, 4.69) is 22.2 Å². The summed E-state index contributed by atoms with van der Waals surface area (Å²) in [6.07, 6.45) is 3.13. The Morgan fingerprint density at radius 2 is 2.17 bits per heavy atom. The first kappa shape index (κ1) is 13.0. The monoisotopic (exact) mass is 270 g/mol. The number of aryl methyl sites for hydroxylation is 1. The summed E-state index contributed by atoms with van der Waals surface area (Å²) in [5.74, 6) is 0.872. The molecular weight excluding hydrogens is 256 g/mol. The lowest BCUT2D eigenvalue weighted by atomic mass is 10.1. The number of aromatic nitrogens is 2. The molecule has 18 heavy (non-hydrogen) atoms. The van der Waals surface area contributed by atoms with E-state index in [1.54, 1.807) is 6.92 Å². The third kappa shape index (κ3) is 2.69. The molecule has 1 fully saturated rings. The number of rotatable bonds is 3. The van der Waals surface area contributed by atoms with Crippen LogP contribution in [0.2, 0.25) is 5.28 Å². The van der Waals surface area contributed by atoms with E-state index in [9.17, 15) is 10.1 Å². The van der Waals surface area contributed by atoms with Crippen molar-refractivity contribution in [1.29, 1.82) is 0 Å². The van der Waals surface area contributed by atoms with E-state index in [1.165, 1.54) is 0 Å². The van der Waals surface area contributed by atoms with Gasteiger partial charge >= 0.3 is 5.69 Å². The molecule has 7 heteroatoms. The lowest BCUT2D eigenvalue weighted by Crippen LogP contribution is -2.18. The minimum absolute atomic E-state index is 0.0339. The van der Waals surface area contributed by atoms with Crippen molar-refractivity contribution >= 4 is 23.1 Å². The smallest absolute Gasteiger partial charge is 0.332 e. The average molecular weight is 271 g/mol. The van der Waals surface area contributed by atoms with Gasteiger partial charge in [-0.3, -0.25) is 10.1 Å². The van der Waals surface area contributed by atoms with E-state index < -0.39 is 4.92 Å². The zero-order valence-electron chi connectivity index (χ0n) is 10.3. The highest BCUT2D eigenvalue weighted by molar-refractivity contribution is 6.28. The van der Waals surface area contributed by atoms with Gasteiger partial charge in [-0.1, -0.05) is 6.92 Å². The van der Waals surface area contributed by atoms with Crippen molar-refractivity contribution in [3.05, 3.63) is 21.1 Å². The van der Waals surface area contributed by atoms with Gasteiger partial charge < -0.3 is 5.32 Å². The number of anilines is 1. The molecule has 0 saturated heterocycles. The lowest BCUT2D eigenvalue weighted by molar-refractivity contribution is -0.385. The molecule has 1 saturated carbocycles.